The molecule has 0 amide bonds. The Bertz CT molecular complexity index is 3360. The first kappa shape index (κ1) is 37.7. The first-order chi connectivity index (χ1) is 31.7. The molecule has 1 unspecified atom stereocenters. The minimum absolute atomic E-state index is 0.0855. The molecule has 0 saturated heterocycles. The van der Waals surface area contributed by atoms with Crippen LogP contribution in [0.3, 0.4) is 0 Å². The second kappa shape index (κ2) is 16.0. The normalized spacial score (nSPS) is 13.9. The number of allylic oxidation sites excluding steroid dienone is 3. The van der Waals surface area contributed by atoms with Crippen LogP contribution >= 0.6 is 0 Å². The van der Waals surface area contributed by atoms with Crippen LogP contribution in [0.2, 0.25) is 0 Å². The molecule has 0 bridgehead atoms. The smallest absolute Gasteiger partial charge is 0.0282 e. The van der Waals surface area contributed by atoms with Crippen molar-refractivity contribution < 1.29 is 0 Å². The van der Waals surface area contributed by atoms with E-state index in [-0.39, 0.29) is 5.92 Å². The highest BCUT2D eigenvalue weighted by Gasteiger charge is 2.32. The zero-order valence-corrected chi connectivity index (χ0v) is 35.5. The largest absolute Gasteiger partial charge is 0.0753 e. The Morgan fingerprint density at radius 3 is 1.17 bits per heavy atom. The maximum atomic E-state index is 2.54. The van der Waals surface area contributed by atoms with Crippen LogP contribution < -0.4 is 0 Å². The van der Waals surface area contributed by atoms with Gasteiger partial charge in [0.05, 0.1) is 0 Å². The Morgan fingerprint density at radius 2 is 0.703 bits per heavy atom. The van der Waals surface area contributed by atoms with Gasteiger partial charge in [0.2, 0.25) is 0 Å². The molecule has 10 aromatic carbocycles. The molecule has 0 fully saturated rings. The quantitative estimate of drug-likeness (QED) is 0.143. The van der Waals surface area contributed by atoms with E-state index in [1.165, 1.54) is 116 Å². The lowest BCUT2D eigenvalue weighted by molar-refractivity contribution is 1.07. The third kappa shape index (κ3) is 6.72. The lowest BCUT2D eigenvalue weighted by Gasteiger charge is -2.34. The molecule has 12 rings (SSSR count). The lowest BCUT2D eigenvalue weighted by Crippen LogP contribution is -2.14. The Morgan fingerprint density at radius 1 is 0.312 bits per heavy atom. The van der Waals surface area contributed by atoms with Crippen LogP contribution in [0.1, 0.15) is 33.7 Å². The number of rotatable bonds is 8. The van der Waals surface area contributed by atoms with Crippen molar-refractivity contribution in [1.82, 2.24) is 0 Å². The van der Waals surface area contributed by atoms with Crippen molar-refractivity contribution in [1.29, 1.82) is 0 Å². The molecule has 0 spiro atoms. The van der Waals surface area contributed by atoms with E-state index in [4.69, 9.17) is 0 Å². The van der Waals surface area contributed by atoms with E-state index in [1.807, 2.05) is 0 Å². The molecule has 2 aliphatic carbocycles. The topological polar surface area (TPSA) is 0 Å². The Hall–Kier alpha value is -8.06. The Labute approximate surface area is 375 Å². The van der Waals surface area contributed by atoms with E-state index in [0.29, 0.717) is 0 Å². The van der Waals surface area contributed by atoms with Gasteiger partial charge in [0.15, 0.2) is 0 Å². The zero-order chi connectivity index (χ0) is 42.4. The van der Waals surface area contributed by atoms with E-state index < -0.39 is 0 Å². The second-order valence-electron chi connectivity index (χ2n) is 17.1. The van der Waals surface area contributed by atoms with Crippen molar-refractivity contribution in [2.75, 3.05) is 0 Å². The van der Waals surface area contributed by atoms with Gasteiger partial charge in [-0.15, -0.1) is 0 Å². The molecule has 0 heteroatoms. The summed E-state index contributed by atoms with van der Waals surface area (Å²) < 4.78 is 0. The summed E-state index contributed by atoms with van der Waals surface area (Å²) in [6.45, 7) is 0. The fraction of sp³-hybridized carbons (Fsp3) is 0.0312. The third-order valence-corrected chi connectivity index (χ3v) is 13.5. The molecule has 0 nitrogen and oxygen atoms in total. The highest BCUT2D eigenvalue weighted by atomic mass is 14.4. The molecule has 2 aliphatic rings. The molecule has 0 N–H and O–H groups in total. The van der Waals surface area contributed by atoms with E-state index in [2.05, 4.69) is 249 Å². The van der Waals surface area contributed by atoms with Gasteiger partial charge in [-0.2, -0.15) is 0 Å². The summed E-state index contributed by atoms with van der Waals surface area (Å²) in [5.41, 5.74) is 24.1. The second-order valence-corrected chi connectivity index (χ2v) is 17.1. The van der Waals surface area contributed by atoms with Crippen LogP contribution in [-0.4, -0.2) is 0 Å². The standard InChI is InChI=1S/C64H44/c1-5-13-43(14-6-1)47-21-29-51(30-22-47)59-41-60(52-31-23-48(24-32-52)44-15-7-2-8-16-44)56-39-40-58-62(54-35-27-50(28-36-54)46-19-11-4-12-20-46)42-61(57-38-37-55(59)63(56)64(57)58)53-33-25-49(26-34-53)45-17-9-3-10-18-45/h1-39,41-42,60H,40H2. The zero-order valence-electron chi connectivity index (χ0n) is 35.5. The van der Waals surface area contributed by atoms with Crippen molar-refractivity contribution >= 4 is 21.9 Å². The minimum atomic E-state index is 0.0855. The molecule has 0 radical (unpaired) electrons. The molecule has 1 atom stereocenters. The summed E-state index contributed by atoms with van der Waals surface area (Å²) in [6.07, 6.45) is 5.94. The van der Waals surface area contributed by atoms with E-state index in [9.17, 15) is 0 Å². The van der Waals surface area contributed by atoms with Gasteiger partial charge in [0, 0.05) is 5.92 Å². The van der Waals surface area contributed by atoms with Crippen LogP contribution in [0, 0.1) is 0 Å². The van der Waals surface area contributed by atoms with Crippen molar-refractivity contribution in [3.05, 3.63) is 277 Å². The number of hydrogen-bond donors (Lipinski definition) is 0. The van der Waals surface area contributed by atoms with Crippen LogP contribution in [0.4, 0.5) is 0 Å². The van der Waals surface area contributed by atoms with Gasteiger partial charge in [0.1, 0.15) is 0 Å². The fourth-order valence-electron chi connectivity index (χ4n) is 10.2. The summed E-state index contributed by atoms with van der Waals surface area (Å²) >= 11 is 0. The van der Waals surface area contributed by atoms with Gasteiger partial charge in [0.25, 0.3) is 0 Å². The number of benzene rings is 10. The highest BCUT2D eigenvalue weighted by Crippen LogP contribution is 2.53. The van der Waals surface area contributed by atoms with Crippen LogP contribution in [0.5, 0.6) is 0 Å². The summed E-state index contributed by atoms with van der Waals surface area (Å²) in [4.78, 5) is 0. The van der Waals surface area contributed by atoms with Crippen LogP contribution in [-0.2, 0) is 6.42 Å². The average Bonchev–Trinajstić information content (AvgIpc) is 3.39. The van der Waals surface area contributed by atoms with Crippen LogP contribution in [0.25, 0.3) is 88.7 Å². The summed E-state index contributed by atoms with van der Waals surface area (Å²) in [5, 5.41) is 2.68. The first-order valence-corrected chi connectivity index (χ1v) is 22.4. The molecular formula is C64H44. The predicted octanol–water partition coefficient (Wildman–Crippen LogP) is 17.0. The summed E-state index contributed by atoms with van der Waals surface area (Å²) in [6, 6.07) is 87.0. The highest BCUT2D eigenvalue weighted by molar-refractivity contribution is 6.13. The van der Waals surface area contributed by atoms with Gasteiger partial charge in [-0.25, -0.2) is 0 Å². The molecule has 0 heterocycles. The molecule has 0 aromatic heterocycles. The van der Waals surface area contributed by atoms with E-state index in [1.54, 1.807) is 0 Å². The van der Waals surface area contributed by atoms with E-state index >= 15 is 0 Å². The van der Waals surface area contributed by atoms with Crippen LogP contribution in [0.15, 0.2) is 249 Å². The van der Waals surface area contributed by atoms with Crippen molar-refractivity contribution in [3.63, 3.8) is 0 Å². The molecule has 0 aliphatic heterocycles. The lowest BCUT2D eigenvalue weighted by atomic mass is 9.69. The number of hydrogen-bond acceptors (Lipinski definition) is 0. The van der Waals surface area contributed by atoms with Gasteiger partial charge in [-0.05, 0) is 129 Å². The average molecular weight is 813 g/mol. The molecule has 300 valence electrons. The van der Waals surface area contributed by atoms with Crippen molar-refractivity contribution in [3.8, 4) is 66.8 Å². The summed E-state index contributed by atoms with van der Waals surface area (Å²) in [5.74, 6) is 0.0855. The predicted molar refractivity (Wildman–Crippen MR) is 271 cm³/mol. The van der Waals surface area contributed by atoms with Crippen molar-refractivity contribution in [2.24, 2.45) is 0 Å². The monoisotopic (exact) mass is 812 g/mol. The third-order valence-electron chi connectivity index (χ3n) is 13.5. The Balaban J connectivity index is 1.07. The van der Waals surface area contributed by atoms with E-state index in [0.717, 1.165) is 6.42 Å². The fourth-order valence-corrected chi connectivity index (χ4v) is 10.2. The van der Waals surface area contributed by atoms with Gasteiger partial charge in [-0.3, -0.25) is 0 Å². The molecule has 64 heavy (non-hydrogen) atoms. The van der Waals surface area contributed by atoms with Gasteiger partial charge < -0.3 is 0 Å². The van der Waals surface area contributed by atoms with Crippen molar-refractivity contribution in [2.45, 2.75) is 12.3 Å². The summed E-state index contributed by atoms with van der Waals surface area (Å²) in [7, 11) is 0. The molecular weight excluding hydrogens is 769 g/mol. The van der Waals surface area contributed by atoms with Gasteiger partial charge in [-0.1, -0.05) is 243 Å². The minimum Gasteiger partial charge on any atom is -0.0753 e. The van der Waals surface area contributed by atoms with Gasteiger partial charge >= 0.3 is 0 Å². The first-order valence-electron chi connectivity index (χ1n) is 22.4. The SMILES string of the molecule is C1=C(c2ccc(-c3ccccc3)cc2)c2ccc3c(-c4ccc(-c5ccccc5)cc4)cc(-c4ccc(-c5ccccc5)cc4)c4c3c2C(=CC4)C1c1ccc(-c2ccccc2)cc1. The Kier molecular flexibility index (Phi) is 9.42. The maximum Gasteiger partial charge on any atom is 0.0282 e. The maximum absolute atomic E-state index is 2.54. The molecule has 0 saturated carbocycles. The molecule has 10 aromatic rings.